The zero-order valence-corrected chi connectivity index (χ0v) is 19.5. The number of rotatable bonds is 6. The zero-order valence-electron chi connectivity index (χ0n) is 16.4. The van der Waals surface area contributed by atoms with Gasteiger partial charge < -0.3 is 15.1 Å². The third-order valence-corrected chi connectivity index (χ3v) is 5.32. The fourth-order valence-electron chi connectivity index (χ4n) is 3.04. The number of anilines is 1. The molecule has 0 amide bonds. The van der Waals surface area contributed by atoms with Crippen molar-refractivity contribution in [3.05, 3.63) is 41.5 Å². The van der Waals surface area contributed by atoms with Crippen LogP contribution in [0.2, 0.25) is 0 Å². The first-order valence-electron chi connectivity index (χ1n) is 9.54. The van der Waals surface area contributed by atoms with Crippen LogP contribution in [0.1, 0.15) is 25.2 Å². The molecule has 1 fully saturated rings. The Bertz CT molecular complexity index is 760. The van der Waals surface area contributed by atoms with Gasteiger partial charge in [-0.2, -0.15) is 4.37 Å². The summed E-state index contributed by atoms with van der Waals surface area (Å²) in [5.74, 6) is 1.66. The van der Waals surface area contributed by atoms with Gasteiger partial charge in [-0.05, 0) is 31.0 Å². The molecule has 0 spiro atoms. The molecule has 0 bridgehead atoms. The number of guanidine groups is 1. The van der Waals surface area contributed by atoms with Gasteiger partial charge in [0.1, 0.15) is 11.6 Å². The molecular formula is C19H28FIN6S. The van der Waals surface area contributed by atoms with E-state index in [1.54, 1.807) is 12.1 Å². The monoisotopic (exact) mass is 518 g/mol. The second-order valence-corrected chi connectivity index (χ2v) is 7.17. The largest absolute Gasteiger partial charge is 0.357 e. The van der Waals surface area contributed by atoms with E-state index in [1.165, 1.54) is 17.6 Å². The van der Waals surface area contributed by atoms with Gasteiger partial charge in [0.2, 0.25) is 5.13 Å². The molecule has 0 aliphatic carbocycles. The standard InChI is InChI=1S/C19H27FN6S.HI/c1-3-17-23-19(27-24-17)26-12-10-25(11-13-26)18(21-4-2)22-9-8-15-6-5-7-16(20)14-15;/h5-7,14H,3-4,8-13H2,1-2H3,(H,21,22);1H. The number of halogens is 2. The second-order valence-electron chi connectivity index (χ2n) is 6.44. The van der Waals surface area contributed by atoms with Crippen molar-refractivity contribution in [1.82, 2.24) is 19.6 Å². The molecule has 1 aromatic heterocycles. The number of aromatic nitrogens is 2. The Hall–Kier alpha value is -1.49. The van der Waals surface area contributed by atoms with Crippen molar-refractivity contribution in [2.24, 2.45) is 4.99 Å². The van der Waals surface area contributed by atoms with Crippen LogP contribution in [0.4, 0.5) is 9.52 Å². The van der Waals surface area contributed by atoms with E-state index in [0.717, 1.165) is 68.0 Å². The fraction of sp³-hybridized carbons (Fsp3) is 0.526. The van der Waals surface area contributed by atoms with E-state index in [4.69, 9.17) is 4.99 Å². The molecule has 3 rings (SSSR count). The van der Waals surface area contributed by atoms with Crippen LogP contribution in [-0.4, -0.2) is 59.5 Å². The summed E-state index contributed by atoms with van der Waals surface area (Å²) in [6, 6.07) is 6.73. The number of benzene rings is 1. The smallest absolute Gasteiger partial charge is 0.205 e. The molecule has 6 nitrogen and oxygen atoms in total. The maximum Gasteiger partial charge on any atom is 0.205 e. The SMILES string of the molecule is CCNC(=NCCc1cccc(F)c1)N1CCN(c2nc(CC)ns2)CC1.I. The quantitative estimate of drug-likeness (QED) is 0.362. The fourth-order valence-corrected chi connectivity index (χ4v) is 3.84. The number of hydrogen-bond acceptors (Lipinski definition) is 5. The molecule has 2 heterocycles. The van der Waals surface area contributed by atoms with Crippen LogP contribution in [-0.2, 0) is 12.8 Å². The first-order chi connectivity index (χ1) is 13.2. The molecule has 0 atom stereocenters. The van der Waals surface area contributed by atoms with Crippen molar-refractivity contribution in [2.75, 3.05) is 44.2 Å². The van der Waals surface area contributed by atoms with E-state index in [-0.39, 0.29) is 29.8 Å². The molecule has 154 valence electrons. The van der Waals surface area contributed by atoms with E-state index >= 15 is 0 Å². The minimum Gasteiger partial charge on any atom is -0.357 e. The summed E-state index contributed by atoms with van der Waals surface area (Å²) in [4.78, 5) is 13.9. The zero-order chi connectivity index (χ0) is 19.1. The first kappa shape index (κ1) is 22.8. The van der Waals surface area contributed by atoms with Crippen molar-refractivity contribution in [1.29, 1.82) is 0 Å². The Labute approximate surface area is 187 Å². The maximum atomic E-state index is 13.3. The summed E-state index contributed by atoms with van der Waals surface area (Å²) in [6.07, 6.45) is 1.61. The van der Waals surface area contributed by atoms with E-state index in [1.807, 2.05) is 6.07 Å². The number of nitrogens with one attached hydrogen (secondary N) is 1. The molecule has 9 heteroatoms. The third-order valence-electron chi connectivity index (χ3n) is 4.51. The van der Waals surface area contributed by atoms with E-state index in [9.17, 15) is 4.39 Å². The number of piperazine rings is 1. The van der Waals surface area contributed by atoms with Gasteiger partial charge in [-0.15, -0.1) is 24.0 Å². The highest BCUT2D eigenvalue weighted by Crippen LogP contribution is 2.19. The molecule has 0 saturated carbocycles. The Balaban J connectivity index is 0.00000280. The topological polar surface area (TPSA) is 56.7 Å². The highest BCUT2D eigenvalue weighted by molar-refractivity contribution is 14.0. The van der Waals surface area contributed by atoms with E-state index in [0.29, 0.717) is 6.54 Å². The molecule has 1 aliphatic heterocycles. The average molecular weight is 518 g/mol. The van der Waals surface area contributed by atoms with Crippen LogP contribution < -0.4 is 10.2 Å². The molecule has 1 N–H and O–H groups in total. The molecule has 2 aromatic rings. The summed E-state index contributed by atoms with van der Waals surface area (Å²) < 4.78 is 17.7. The lowest BCUT2D eigenvalue weighted by Gasteiger charge is -2.36. The van der Waals surface area contributed by atoms with Crippen molar-refractivity contribution < 1.29 is 4.39 Å². The second kappa shape index (κ2) is 11.5. The first-order valence-corrected chi connectivity index (χ1v) is 10.3. The Morgan fingerprint density at radius 1 is 1.25 bits per heavy atom. The van der Waals surface area contributed by atoms with Crippen LogP contribution >= 0.6 is 35.5 Å². The van der Waals surface area contributed by atoms with Crippen LogP contribution in [0.3, 0.4) is 0 Å². The van der Waals surface area contributed by atoms with Gasteiger partial charge in [0, 0.05) is 57.2 Å². The third kappa shape index (κ3) is 6.26. The minimum absolute atomic E-state index is 0. The average Bonchev–Trinajstić information content (AvgIpc) is 3.17. The molecule has 1 aliphatic rings. The lowest BCUT2D eigenvalue weighted by Crippen LogP contribution is -2.52. The Kier molecular flexibility index (Phi) is 9.36. The van der Waals surface area contributed by atoms with Crippen molar-refractivity contribution in [3.63, 3.8) is 0 Å². The summed E-state index contributed by atoms with van der Waals surface area (Å²) in [5, 5.41) is 4.39. The molecular weight excluding hydrogens is 490 g/mol. The number of aryl methyl sites for hydroxylation is 1. The predicted octanol–water partition coefficient (Wildman–Crippen LogP) is 3.19. The molecule has 1 saturated heterocycles. The van der Waals surface area contributed by atoms with Gasteiger partial charge in [-0.3, -0.25) is 4.99 Å². The number of aliphatic imine (C=N–C) groups is 1. The van der Waals surface area contributed by atoms with Crippen LogP contribution in [0.25, 0.3) is 0 Å². The minimum atomic E-state index is -0.192. The van der Waals surface area contributed by atoms with Crippen LogP contribution in [0.5, 0.6) is 0 Å². The Morgan fingerprint density at radius 2 is 2.04 bits per heavy atom. The van der Waals surface area contributed by atoms with Gasteiger partial charge in [0.25, 0.3) is 0 Å². The highest BCUT2D eigenvalue weighted by Gasteiger charge is 2.21. The van der Waals surface area contributed by atoms with Gasteiger partial charge in [-0.25, -0.2) is 9.37 Å². The summed E-state index contributed by atoms with van der Waals surface area (Å²) >= 11 is 1.48. The molecule has 1 aromatic carbocycles. The maximum absolute atomic E-state index is 13.3. The van der Waals surface area contributed by atoms with Gasteiger partial charge in [0.05, 0.1) is 0 Å². The summed E-state index contributed by atoms with van der Waals surface area (Å²) in [5.41, 5.74) is 0.974. The molecule has 0 unspecified atom stereocenters. The van der Waals surface area contributed by atoms with Crippen LogP contribution in [0.15, 0.2) is 29.3 Å². The lowest BCUT2D eigenvalue weighted by atomic mass is 10.1. The normalized spacial score (nSPS) is 14.8. The number of hydrogen-bond donors (Lipinski definition) is 1. The van der Waals surface area contributed by atoms with E-state index in [2.05, 4.69) is 38.3 Å². The summed E-state index contributed by atoms with van der Waals surface area (Å²) in [6.45, 7) is 9.23. The Morgan fingerprint density at radius 3 is 2.68 bits per heavy atom. The summed E-state index contributed by atoms with van der Waals surface area (Å²) in [7, 11) is 0. The van der Waals surface area contributed by atoms with Gasteiger partial charge in [0.15, 0.2) is 5.96 Å². The van der Waals surface area contributed by atoms with E-state index < -0.39 is 0 Å². The lowest BCUT2D eigenvalue weighted by molar-refractivity contribution is 0.372. The van der Waals surface area contributed by atoms with Crippen molar-refractivity contribution in [3.8, 4) is 0 Å². The van der Waals surface area contributed by atoms with Crippen molar-refractivity contribution in [2.45, 2.75) is 26.7 Å². The molecule has 0 radical (unpaired) electrons. The van der Waals surface area contributed by atoms with Gasteiger partial charge >= 0.3 is 0 Å². The predicted molar refractivity (Wildman–Crippen MR) is 125 cm³/mol. The van der Waals surface area contributed by atoms with Crippen molar-refractivity contribution >= 4 is 46.6 Å². The highest BCUT2D eigenvalue weighted by atomic mass is 127. The van der Waals surface area contributed by atoms with Gasteiger partial charge in [-0.1, -0.05) is 19.1 Å². The number of nitrogens with zero attached hydrogens (tertiary/aromatic N) is 5. The van der Waals surface area contributed by atoms with Crippen LogP contribution in [0, 0.1) is 5.82 Å². The molecule has 28 heavy (non-hydrogen) atoms.